The lowest BCUT2D eigenvalue weighted by Crippen LogP contribution is -2.46. The highest BCUT2D eigenvalue weighted by Crippen LogP contribution is 2.32. The Morgan fingerprint density at radius 3 is 2.65 bits per heavy atom. The molecule has 176 valence electrons. The minimum Gasteiger partial charge on any atom is -0.394 e. The molecule has 0 amide bonds. The number of nitrogens with zero attached hydrogens (tertiary/aromatic N) is 7. The van der Waals surface area contributed by atoms with Crippen molar-refractivity contribution in [2.24, 2.45) is 7.05 Å². The second-order valence-corrected chi connectivity index (χ2v) is 8.78. The second kappa shape index (κ2) is 8.86. The second-order valence-electron chi connectivity index (χ2n) is 8.34. The van der Waals surface area contributed by atoms with Crippen LogP contribution in [0.5, 0.6) is 0 Å². The molecule has 0 unspecified atom stereocenters. The van der Waals surface area contributed by atoms with Crippen molar-refractivity contribution < 1.29 is 14.2 Å². The van der Waals surface area contributed by atoms with Crippen LogP contribution in [0, 0.1) is 19.7 Å². The number of hydrogen-bond acceptors (Lipinski definition) is 8. The lowest BCUT2D eigenvalue weighted by Gasteiger charge is -2.37. The minimum absolute atomic E-state index is 0.169. The summed E-state index contributed by atoms with van der Waals surface area (Å²) in [4.78, 5) is 20.5. The van der Waals surface area contributed by atoms with Crippen molar-refractivity contribution in [2.45, 2.75) is 26.1 Å². The molecule has 3 aromatic heterocycles. The van der Waals surface area contributed by atoms with Crippen LogP contribution in [0.4, 0.5) is 10.3 Å². The third kappa shape index (κ3) is 4.20. The third-order valence-corrected chi connectivity index (χ3v) is 6.10. The summed E-state index contributed by atoms with van der Waals surface area (Å²) in [6.07, 6.45) is 2.80. The molecule has 1 aromatic carbocycles. The molecule has 34 heavy (non-hydrogen) atoms. The lowest BCUT2D eigenvalue weighted by atomic mass is 10.1. The van der Waals surface area contributed by atoms with E-state index in [1.807, 2.05) is 32.0 Å². The number of aliphatic hydroxyl groups is 1. The molecular weight excluding hydrogens is 461 g/mol. The maximum absolute atomic E-state index is 15.0. The van der Waals surface area contributed by atoms with Crippen molar-refractivity contribution >= 4 is 28.7 Å². The lowest BCUT2D eigenvalue weighted by molar-refractivity contribution is -0.0526. The Morgan fingerprint density at radius 2 is 1.94 bits per heavy atom. The molecule has 1 fully saturated rings. The van der Waals surface area contributed by atoms with E-state index in [2.05, 4.69) is 20.1 Å². The van der Waals surface area contributed by atoms with Gasteiger partial charge in [0.1, 0.15) is 23.1 Å². The predicted octanol–water partition coefficient (Wildman–Crippen LogP) is 3.17. The summed E-state index contributed by atoms with van der Waals surface area (Å²) in [6, 6.07) is 4.43. The van der Waals surface area contributed by atoms with E-state index in [-0.39, 0.29) is 23.3 Å². The highest BCUT2D eigenvalue weighted by atomic mass is 35.5. The monoisotopic (exact) mass is 483 g/mol. The van der Waals surface area contributed by atoms with Gasteiger partial charge >= 0.3 is 0 Å². The van der Waals surface area contributed by atoms with Gasteiger partial charge in [0.15, 0.2) is 5.65 Å². The Morgan fingerprint density at radius 1 is 1.15 bits per heavy atom. The number of aryl methyl sites for hydroxylation is 3. The average molecular weight is 484 g/mol. The number of anilines is 1. The fourth-order valence-corrected chi connectivity index (χ4v) is 4.16. The van der Waals surface area contributed by atoms with E-state index in [1.165, 1.54) is 6.07 Å². The van der Waals surface area contributed by atoms with Crippen molar-refractivity contribution in [1.29, 1.82) is 0 Å². The van der Waals surface area contributed by atoms with E-state index in [9.17, 15) is 9.50 Å². The number of rotatable bonds is 4. The number of aliphatic hydroxyl groups excluding tert-OH is 1. The molecule has 1 saturated heterocycles. The van der Waals surface area contributed by atoms with Crippen LogP contribution in [0.25, 0.3) is 22.4 Å². The van der Waals surface area contributed by atoms with Crippen LogP contribution in [-0.2, 0) is 11.8 Å². The van der Waals surface area contributed by atoms with Crippen molar-refractivity contribution in [3.8, 4) is 11.3 Å². The topological polar surface area (TPSA) is 102 Å². The average Bonchev–Trinajstić information content (AvgIpc) is 3.25. The van der Waals surface area contributed by atoms with Crippen LogP contribution in [-0.4, -0.2) is 60.6 Å². The summed E-state index contributed by atoms with van der Waals surface area (Å²) < 4.78 is 22.7. The highest BCUT2D eigenvalue weighted by Gasteiger charge is 2.31. The van der Waals surface area contributed by atoms with Crippen LogP contribution >= 0.6 is 11.6 Å². The Labute approximate surface area is 200 Å². The standard InChI is InChI=1S/C23H23ClFN7O2/c1-12-13(2)28-22-21(27-12)20(17-5-4-15(24)6-18(17)25)29-23(30-22)32-9-16(11-33)34-19(10-32)14-7-26-31(3)8-14/h4-8,16,19,33H,9-11H2,1-3H3/t16-,19-/m0/s1. The maximum Gasteiger partial charge on any atom is 0.228 e. The number of ether oxygens (including phenoxy) is 1. The van der Waals surface area contributed by atoms with Gasteiger partial charge in [0.25, 0.3) is 0 Å². The zero-order valence-electron chi connectivity index (χ0n) is 18.9. The van der Waals surface area contributed by atoms with E-state index < -0.39 is 11.9 Å². The Kier molecular flexibility index (Phi) is 5.88. The molecule has 0 aliphatic carbocycles. The summed E-state index contributed by atoms with van der Waals surface area (Å²) in [5.41, 5.74) is 3.67. The zero-order valence-corrected chi connectivity index (χ0v) is 19.7. The quantitative estimate of drug-likeness (QED) is 0.472. The molecule has 0 radical (unpaired) electrons. The van der Waals surface area contributed by atoms with Crippen molar-refractivity contribution in [2.75, 3.05) is 24.6 Å². The zero-order chi connectivity index (χ0) is 24.0. The molecule has 0 saturated carbocycles. The summed E-state index contributed by atoms with van der Waals surface area (Å²) in [7, 11) is 1.83. The first-order valence-corrected chi connectivity index (χ1v) is 11.2. The van der Waals surface area contributed by atoms with Gasteiger partial charge in [0.05, 0.1) is 36.8 Å². The number of aromatic nitrogens is 6. The largest absolute Gasteiger partial charge is 0.394 e. The normalized spacial score (nSPS) is 18.6. The van der Waals surface area contributed by atoms with Crippen molar-refractivity contribution in [3.05, 3.63) is 58.4 Å². The maximum atomic E-state index is 15.0. The van der Waals surface area contributed by atoms with Gasteiger partial charge in [-0.2, -0.15) is 10.1 Å². The number of halogens is 2. The van der Waals surface area contributed by atoms with Crippen LogP contribution in [0.2, 0.25) is 5.02 Å². The molecule has 9 nitrogen and oxygen atoms in total. The Balaban J connectivity index is 1.65. The van der Waals surface area contributed by atoms with Gasteiger partial charge in [-0.15, -0.1) is 0 Å². The van der Waals surface area contributed by atoms with E-state index in [1.54, 1.807) is 23.0 Å². The molecule has 11 heteroatoms. The van der Waals surface area contributed by atoms with Crippen LogP contribution < -0.4 is 4.90 Å². The molecule has 1 N–H and O–H groups in total. The van der Waals surface area contributed by atoms with Crippen LogP contribution in [0.3, 0.4) is 0 Å². The summed E-state index contributed by atoms with van der Waals surface area (Å²) in [5.74, 6) is -0.160. The van der Waals surface area contributed by atoms with Gasteiger partial charge in [-0.25, -0.2) is 19.3 Å². The molecule has 4 aromatic rings. The van der Waals surface area contributed by atoms with Crippen LogP contribution in [0.1, 0.15) is 23.1 Å². The van der Waals surface area contributed by atoms with Crippen molar-refractivity contribution in [1.82, 2.24) is 29.7 Å². The van der Waals surface area contributed by atoms with Gasteiger partial charge in [0.2, 0.25) is 5.95 Å². The van der Waals surface area contributed by atoms with E-state index in [0.29, 0.717) is 41.6 Å². The van der Waals surface area contributed by atoms with Gasteiger partial charge < -0.3 is 14.7 Å². The van der Waals surface area contributed by atoms with E-state index in [4.69, 9.17) is 21.3 Å². The van der Waals surface area contributed by atoms with Crippen molar-refractivity contribution in [3.63, 3.8) is 0 Å². The molecule has 5 rings (SSSR count). The summed E-state index contributed by atoms with van der Waals surface area (Å²) in [5, 5.41) is 14.4. The van der Waals surface area contributed by atoms with Gasteiger partial charge in [-0.05, 0) is 32.0 Å². The molecule has 0 bridgehead atoms. The first kappa shape index (κ1) is 22.6. The SMILES string of the molecule is Cc1nc2nc(N3C[C@@H](CO)O[C@H](c4cnn(C)c4)C3)nc(-c3ccc(Cl)cc3F)c2nc1C. The van der Waals surface area contributed by atoms with Gasteiger partial charge in [0, 0.05) is 35.9 Å². The highest BCUT2D eigenvalue weighted by molar-refractivity contribution is 6.30. The Hall–Kier alpha value is -3.21. The molecular formula is C23H23ClFN7O2. The summed E-state index contributed by atoms with van der Waals surface area (Å²) >= 11 is 5.98. The fraction of sp³-hybridized carbons (Fsp3) is 0.348. The number of fused-ring (bicyclic) bond motifs is 1. The first-order chi connectivity index (χ1) is 16.3. The summed E-state index contributed by atoms with van der Waals surface area (Å²) in [6.45, 7) is 4.30. The molecule has 4 heterocycles. The number of morpholine rings is 1. The molecule has 1 aliphatic rings. The minimum atomic E-state index is -0.512. The van der Waals surface area contributed by atoms with Gasteiger partial charge in [-0.1, -0.05) is 11.6 Å². The smallest absolute Gasteiger partial charge is 0.228 e. The predicted molar refractivity (Wildman–Crippen MR) is 125 cm³/mol. The Bertz CT molecular complexity index is 1380. The van der Waals surface area contributed by atoms with E-state index in [0.717, 1.165) is 11.3 Å². The first-order valence-electron chi connectivity index (χ1n) is 10.8. The number of hydrogen-bond donors (Lipinski definition) is 1. The molecule has 0 spiro atoms. The molecule has 2 atom stereocenters. The molecule has 1 aliphatic heterocycles. The fourth-order valence-electron chi connectivity index (χ4n) is 4.00. The van der Waals surface area contributed by atoms with Gasteiger partial charge in [-0.3, -0.25) is 4.68 Å². The van der Waals surface area contributed by atoms with E-state index >= 15 is 0 Å². The third-order valence-electron chi connectivity index (χ3n) is 5.87. The van der Waals surface area contributed by atoms with Crippen LogP contribution in [0.15, 0.2) is 30.6 Å². The number of benzene rings is 1.